The summed E-state index contributed by atoms with van der Waals surface area (Å²) in [5.41, 5.74) is 3.35. The average Bonchev–Trinajstić information content (AvgIpc) is 3.20. The number of aliphatic imine (C=N–C) groups is 1. The van der Waals surface area contributed by atoms with E-state index in [1.807, 2.05) is 0 Å². The molecule has 1 atom stereocenters. The molecule has 0 unspecified atom stereocenters. The number of benzene rings is 1. The van der Waals surface area contributed by atoms with Crippen LogP contribution in [-0.2, 0) is 28.7 Å². The van der Waals surface area contributed by atoms with Gasteiger partial charge in [-0.25, -0.2) is 18.0 Å². The van der Waals surface area contributed by atoms with Gasteiger partial charge in [-0.1, -0.05) is 0 Å². The van der Waals surface area contributed by atoms with Gasteiger partial charge in [-0.3, -0.25) is 25.2 Å². The van der Waals surface area contributed by atoms with Gasteiger partial charge < -0.3 is 10.1 Å². The third kappa shape index (κ3) is 7.33. The molecule has 0 spiro atoms. The Bertz CT molecular complexity index is 1210. The van der Waals surface area contributed by atoms with Crippen molar-refractivity contribution in [3.05, 3.63) is 46.8 Å². The Morgan fingerprint density at radius 3 is 2.41 bits per heavy atom. The quantitative estimate of drug-likeness (QED) is 0.308. The molecule has 16 heteroatoms. The number of amidine groups is 1. The first-order valence-electron chi connectivity index (χ1n) is 10.9. The van der Waals surface area contributed by atoms with E-state index in [9.17, 15) is 35.9 Å². The summed E-state index contributed by atoms with van der Waals surface area (Å²) in [6.45, 7) is 4.58. The van der Waals surface area contributed by atoms with Crippen molar-refractivity contribution in [3.8, 4) is 0 Å². The molecule has 0 fully saturated rings. The lowest BCUT2D eigenvalue weighted by Gasteiger charge is -2.24. The summed E-state index contributed by atoms with van der Waals surface area (Å²) in [6.07, 6.45) is -6.63. The van der Waals surface area contributed by atoms with Crippen LogP contribution in [0.4, 0.5) is 31.1 Å². The van der Waals surface area contributed by atoms with Crippen LogP contribution in [-0.4, -0.2) is 50.8 Å². The molecule has 202 valence electrons. The highest BCUT2D eigenvalue weighted by Gasteiger charge is 2.39. The summed E-state index contributed by atoms with van der Waals surface area (Å²) < 4.78 is 86.3. The fourth-order valence-corrected chi connectivity index (χ4v) is 3.37. The van der Waals surface area contributed by atoms with Crippen molar-refractivity contribution < 1.29 is 40.7 Å². The molecule has 3 rings (SSSR count). The molecule has 0 saturated carbocycles. The van der Waals surface area contributed by atoms with Crippen molar-refractivity contribution in [1.29, 1.82) is 0 Å². The predicted octanol–water partition coefficient (Wildman–Crippen LogP) is 2.62. The number of nitrogens with one attached hydrogen (secondary N) is 3. The Hall–Kier alpha value is -3.85. The van der Waals surface area contributed by atoms with Gasteiger partial charge in [0.25, 0.3) is 0 Å². The average molecular weight is 535 g/mol. The summed E-state index contributed by atoms with van der Waals surface area (Å²) >= 11 is 0. The fourth-order valence-electron chi connectivity index (χ4n) is 3.37. The maximum atomic E-state index is 14.2. The molecule has 0 radical (unpaired) electrons. The van der Waals surface area contributed by atoms with E-state index in [-0.39, 0.29) is 30.3 Å². The second-order valence-corrected chi connectivity index (χ2v) is 9.01. The molecule has 2 aromatic rings. The van der Waals surface area contributed by atoms with Gasteiger partial charge in [0, 0.05) is 25.1 Å². The van der Waals surface area contributed by atoms with E-state index in [2.05, 4.69) is 31.4 Å². The highest BCUT2D eigenvalue weighted by Crippen LogP contribution is 2.28. The highest BCUT2D eigenvalue weighted by atomic mass is 19.4. The van der Waals surface area contributed by atoms with Gasteiger partial charge in [0.15, 0.2) is 17.5 Å². The predicted molar refractivity (Wildman–Crippen MR) is 116 cm³/mol. The number of hydrogen-bond donors (Lipinski definition) is 3. The topological polar surface area (TPSA) is 123 Å². The molecule has 3 N–H and O–H groups in total. The van der Waals surface area contributed by atoms with E-state index < -0.39 is 65.9 Å². The first-order chi connectivity index (χ1) is 17.1. The van der Waals surface area contributed by atoms with Crippen LogP contribution in [0.5, 0.6) is 0 Å². The SMILES string of the molecule is CC(C)(C)OC(=O)N[C@@H](CC(=O)NNC1=NCCn2c1nnc2C(F)(F)F)Cc1cc(F)c(F)cc1F. The lowest BCUT2D eigenvalue weighted by molar-refractivity contribution is -0.147. The molecule has 1 aromatic heterocycles. The number of alkyl carbamates (subject to hydrolysis) is 1. The van der Waals surface area contributed by atoms with Crippen LogP contribution in [0, 0.1) is 17.5 Å². The highest BCUT2D eigenvalue weighted by molar-refractivity contribution is 5.97. The Morgan fingerprint density at radius 2 is 1.76 bits per heavy atom. The second kappa shape index (κ2) is 10.6. The number of aromatic nitrogens is 3. The molecule has 10 nitrogen and oxygen atoms in total. The summed E-state index contributed by atoms with van der Waals surface area (Å²) in [5.74, 6) is -6.30. The largest absolute Gasteiger partial charge is 0.451 e. The number of alkyl halides is 3. The minimum Gasteiger partial charge on any atom is -0.444 e. The van der Waals surface area contributed by atoms with Crippen molar-refractivity contribution in [2.24, 2.45) is 4.99 Å². The zero-order valence-corrected chi connectivity index (χ0v) is 19.8. The van der Waals surface area contributed by atoms with Gasteiger partial charge in [0.1, 0.15) is 11.4 Å². The Labute approximate surface area is 206 Å². The van der Waals surface area contributed by atoms with Crippen LogP contribution in [0.25, 0.3) is 0 Å². The Balaban J connectivity index is 1.71. The number of carbonyl (C=O) groups excluding carboxylic acids is 2. The Kier molecular flexibility index (Phi) is 7.97. The number of halogens is 6. The van der Waals surface area contributed by atoms with Gasteiger partial charge in [-0.2, -0.15) is 13.2 Å². The van der Waals surface area contributed by atoms with Crippen molar-refractivity contribution in [1.82, 2.24) is 30.9 Å². The monoisotopic (exact) mass is 535 g/mol. The van der Waals surface area contributed by atoms with Gasteiger partial charge >= 0.3 is 12.3 Å². The number of hydrazine groups is 1. The van der Waals surface area contributed by atoms with Gasteiger partial charge in [0.2, 0.25) is 17.6 Å². The molecular formula is C21H23F6N7O3. The van der Waals surface area contributed by atoms with Crippen LogP contribution in [0.3, 0.4) is 0 Å². The van der Waals surface area contributed by atoms with Crippen molar-refractivity contribution in [3.63, 3.8) is 0 Å². The van der Waals surface area contributed by atoms with Gasteiger partial charge in [0.05, 0.1) is 6.54 Å². The fraction of sp³-hybridized carbons (Fsp3) is 0.476. The molecule has 1 aliphatic rings. The molecule has 2 amide bonds. The summed E-state index contributed by atoms with van der Waals surface area (Å²) in [4.78, 5) is 28.8. The van der Waals surface area contributed by atoms with Crippen LogP contribution >= 0.6 is 0 Å². The van der Waals surface area contributed by atoms with E-state index >= 15 is 0 Å². The second-order valence-electron chi connectivity index (χ2n) is 9.01. The molecule has 37 heavy (non-hydrogen) atoms. The summed E-state index contributed by atoms with van der Waals surface area (Å²) in [6, 6.07) is -0.208. The lowest BCUT2D eigenvalue weighted by atomic mass is 10.0. The minimum atomic E-state index is -4.74. The number of fused-ring (bicyclic) bond motifs is 1. The van der Waals surface area contributed by atoms with Crippen LogP contribution in [0.2, 0.25) is 0 Å². The molecule has 1 aliphatic heterocycles. The first kappa shape index (κ1) is 27.7. The third-order valence-electron chi connectivity index (χ3n) is 4.84. The number of hydrogen-bond acceptors (Lipinski definition) is 7. The van der Waals surface area contributed by atoms with E-state index in [4.69, 9.17) is 4.74 Å². The smallest absolute Gasteiger partial charge is 0.444 e. The number of nitrogens with zero attached hydrogens (tertiary/aromatic N) is 4. The maximum Gasteiger partial charge on any atom is 0.451 e. The Morgan fingerprint density at radius 1 is 1.08 bits per heavy atom. The van der Waals surface area contributed by atoms with Gasteiger partial charge in [-0.05, 0) is 38.8 Å². The molecule has 0 aliphatic carbocycles. The van der Waals surface area contributed by atoms with Crippen LogP contribution in [0.15, 0.2) is 17.1 Å². The molecule has 0 saturated heterocycles. The minimum absolute atomic E-state index is 0.0510. The van der Waals surface area contributed by atoms with E-state index in [1.165, 1.54) is 0 Å². The van der Waals surface area contributed by atoms with E-state index in [0.29, 0.717) is 12.1 Å². The molecule has 0 bridgehead atoms. The number of rotatable bonds is 5. The molecule has 2 heterocycles. The number of amides is 2. The summed E-state index contributed by atoms with van der Waals surface area (Å²) in [5, 5.41) is 8.96. The van der Waals surface area contributed by atoms with E-state index in [1.54, 1.807) is 20.8 Å². The molecular weight excluding hydrogens is 512 g/mol. The number of ether oxygens (including phenoxy) is 1. The molecule has 1 aromatic carbocycles. The van der Waals surface area contributed by atoms with Crippen molar-refractivity contribution in [2.75, 3.05) is 6.54 Å². The zero-order chi connectivity index (χ0) is 27.5. The van der Waals surface area contributed by atoms with Crippen LogP contribution < -0.4 is 16.2 Å². The van der Waals surface area contributed by atoms with E-state index in [0.717, 1.165) is 4.57 Å². The normalized spacial score (nSPS) is 14.4. The zero-order valence-electron chi connectivity index (χ0n) is 19.8. The van der Waals surface area contributed by atoms with Gasteiger partial charge in [-0.15, -0.1) is 10.2 Å². The van der Waals surface area contributed by atoms with Crippen molar-refractivity contribution in [2.45, 2.75) is 58.0 Å². The first-order valence-corrected chi connectivity index (χ1v) is 10.9. The number of carbonyl (C=O) groups is 2. The maximum absolute atomic E-state index is 14.2. The van der Waals surface area contributed by atoms with Crippen molar-refractivity contribution >= 4 is 17.8 Å². The van der Waals surface area contributed by atoms with Crippen LogP contribution in [0.1, 0.15) is 44.4 Å². The summed E-state index contributed by atoms with van der Waals surface area (Å²) in [7, 11) is 0. The third-order valence-corrected chi connectivity index (χ3v) is 4.84. The lowest BCUT2D eigenvalue weighted by Crippen LogP contribution is -2.48. The standard InChI is InChI=1S/C21H23F6N7O3/c1-20(2,3)37-19(36)29-11(6-10-7-13(23)14(24)9-12(10)22)8-15(35)30-31-16-17-32-33-18(21(25,26)27)34(17)5-4-28-16/h7,9,11H,4-6,8H2,1-3H3,(H,28,31)(H,29,36)(H,30,35)/t11-/m1/s1.